The fraction of sp³-hybridized carbons (Fsp3) is 0.100. The Balaban J connectivity index is 3.29. The molecule has 0 atom stereocenters. The number of halogens is 1. The van der Waals surface area contributed by atoms with Gasteiger partial charge < -0.3 is 0 Å². The minimum atomic E-state index is -0.570. The van der Waals surface area contributed by atoms with Crippen LogP contribution in [0, 0.1) is 33.3 Å². The molecule has 0 unspecified atom stereocenters. The first-order valence-electron chi connectivity index (χ1n) is 3.92. The molecule has 0 bridgehead atoms. The maximum absolute atomic E-state index is 10.6. The van der Waals surface area contributed by atoms with Gasteiger partial charge in [0.15, 0.2) is 0 Å². The highest BCUT2D eigenvalue weighted by atomic mass is 35.5. The van der Waals surface area contributed by atoms with Gasteiger partial charge in [-0.1, -0.05) is 11.8 Å². The van der Waals surface area contributed by atoms with Crippen LogP contribution in [0.1, 0.15) is 11.1 Å². The molecule has 0 saturated carbocycles. The highest BCUT2D eigenvalue weighted by Gasteiger charge is 2.12. The first kappa shape index (κ1) is 11.0. The topological polar surface area (TPSA) is 66.9 Å². The Hall–Kier alpha value is -2.04. The van der Waals surface area contributed by atoms with Crippen LogP contribution in [0.4, 0.5) is 5.69 Å². The average molecular weight is 221 g/mol. The average Bonchev–Trinajstić information content (AvgIpc) is 2.26. The van der Waals surface area contributed by atoms with Crippen LogP contribution in [0.5, 0.6) is 0 Å². The number of benzene rings is 1. The minimum Gasteiger partial charge on any atom is -0.258 e. The Labute approximate surface area is 91.2 Å². The van der Waals surface area contributed by atoms with Crippen molar-refractivity contribution >= 4 is 17.3 Å². The van der Waals surface area contributed by atoms with Crippen molar-refractivity contribution < 1.29 is 4.92 Å². The highest BCUT2D eigenvalue weighted by molar-refractivity contribution is 6.19. The number of alkyl halides is 1. The van der Waals surface area contributed by atoms with Crippen LogP contribution in [0.15, 0.2) is 18.2 Å². The van der Waals surface area contributed by atoms with Gasteiger partial charge in [-0.2, -0.15) is 5.26 Å². The summed E-state index contributed by atoms with van der Waals surface area (Å²) in [6, 6.07) is 5.94. The molecule has 15 heavy (non-hydrogen) atoms. The third-order valence-electron chi connectivity index (χ3n) is 1.61. The third kappa shape index (κ3) is 2.70. The number of nitro benzene ring substituents is 1. The van der Waals surface area contributed by atoms with Crippen molar-refractivity contribution in [3.8, 4) is 17.9 Å². The van der Waals surface area contributed by atoms with Gasteiger partial charge in [0.25, 0.3) is 5.69 Å². The summed E-state index contributed by atoms with van der Waals surface area (Å²) >= 11 is 5.35. The Kier molecular flexibility index (Phi) is 3.68. The summed E-state index contributed by atoms with van der Waals surface area (Å²) in [6.45, 7) is 0. The highest BCUT2D eigenvalue weighted by Crippen LogP contribution is 2.18. The lowest BCUT2D eigenvalue weighted by Gasteiger charge is -1.95. The lowest BCUT2D eigenvalue weighted by Crippen LogP contribution is -1.93. The first-order chi connectivity index (χ1) is 7.19. The van der Waals surface area contributed by atoms with Gasteiger partial charge in [0.05, 0.1) is 22.4 Å². The van der Waals surface area contributed by atoms with Gasteiger partial charge in [0, 0.05) is 6.07 Å². The molecule has 0 aromatic heterocycles. The second-order valence-electron chi connectivity index (χ2n) is 2.54. The summed E-state index contributed by atoms with van der Waals surface area (Å²) in [5, 5.41) is 19.2. The summed E-state index contributed by atoms with van der Waals surface area (Å²) in [5.74, 6) is 5.20. The van der Waals surface area contributed by atoms with Gasteiger partial charge in [0.2, 0.25) is 0 Å². The molecular weight excluding hydrogens is 216 g/mol. The molecule has 0 saturated heterocycles. The SMILES string of the molecule is N#Cc1ccc(C#CCCl)c([N+](=O)[O-])c1. The van der Waals surface area contributed by atoms with Crippen molar-refractivity contribution in [1.29, 1.82) is 5.26 Å². The van der Waals surface area contributed by atoms with E-state index in [9.17, 15) is 10.1 Å². The van der Waals surface area contributed by atoms with E-state index < -0.39 is 4.92 Å². The summed E-state index contributed by atoms with van der Waals surface area (Å²) in [5.41, 5.74) is 0.324. The minimum absolute atomic E-state index is 0.108. The molecule has 0 heterocycles. The van der Waals surface area contributed by atoms with E-state index >= 15 is 0 Å². The van der Waals surface area contributed by atoms with Gasteiger partial charge in [0.1, 0.15) is 5.56 Å². The summed E-state index contributed by atoms with van der Waals surface area (Å²) in [6.07, 6.45) is 0. The number of rotatable bonds is 1. The Morgan fingerprint density at radius 2 is 2.27 bits per heavy atom. The number of hydrogen-bond donors (Lipinski definition) is 0. The van der Waals surface area contributed by atoms with E-state index in [2.05, 4.69) is 11.8 Å². The van der Waals surface area contributed by atoms with Crippen LogP contribution in [-0.4, -0.2) is 10.8 Å². The molecule has 0 aliphatic rings. The normalized spacial score (nSPS) is 8.53. The Morgan fingerprint density at radius 1 is 1.53 bits per heavy atom. The van der Waals surface area contributed by atoms with Crippen LogP contribution in [-0.2, 0) is 0 Å². The fourth-order valence-corrected chi connectivity index (χ4v) is 1.05. The van der Waals surface area contributed by atoms with Crippen LogP contribution >= 0.6 is 11.6 Å². The van der Waals surface area contributed by atoms with E-state index in [0.717, 1.165) is 0 Å². The Bertz CT molecular complexity index is 494. The number of nitriles is 1. The summed E-state index contributed by atoms with van der Waals surface area (Å²) in [4.78, 5) is 10.1. The second-order valence-corrected chi connectivity index (χ2v) is 2.80. The first-order valence-corrected chi connectivity index (χ1v) is 4.46. The number of nitro groups is 1. The maximum Gasteiger partial charge on any atom is 0.286 e. The van der Waals surface area contributed by atoms with E-state index in [1.165, 1.54) is 18.2 Å². The molecule has 0 N–H and O–H groups in total. The van der Waals surface area contributed by atoms with Crippen molar-refractivity contribution in [2.75, 3.05) is 5.88 Å². The standard InChI is InChI=1S/C10H5ClN2O2/c11-5-1-2-9-4-3-8(7-12)6-10(9)13(14)15/h3-4,6H,5H2. The molecule has 1 rings (SSSR count). The molecule has 0 radical (unpaired) electrons. The molecule has 0 amide bonds. The molecule has 0 spiro atoms. The third-order valence-corrected chi connectivity index (χ3v) is 1.75. The van der Waals surface area contributed by atoms with Crippen molar-refractivity contribution in [1.82, 2.24) is 0 Å². The van der Waals surface area contributed by atoms with Crippen molar-refractivity contribution in [3.63, 3.8) is 0 Å². The van der Waals surface area contributed by atoms with E-state index in [4.69, 9.17) is 16.9 Å². The predicted octanol–water partition coefficient (Wildman–Crippen LogP) is 2.06. The van der Waals surface area contributed by atoms with Gasteiger partial charge in [-0.15, -0.1) is 11.6 Å². The van der Waals surface area contributed by atoms with Crippen LogP contribution in [0.25, 0.3) is 0 Å². The lowest BCUT2D eigenvalue weighted by molar-refractivity contribution is -0.385. The van der Waals surface area contributed by atoms with Crippen molar-refractivity contribution in [2.45, 2.75) is 0 Å². The van der Waals surface area contributed by atoms with Gasteiger partial charge in [-0.3, -0.25) is 10.1 Å². The zero-order chi connectivity index (χ0) is 11.3. The molecule has 0 aliphatic carbocycles. The monoisotopic (exact) mass is 220 g/mol. The van der Waals surface area contributed by atoms with Gasteiger partial charge >= 0.3 is 0 Å². The van der Waals surface area contributed by atoms with Crippen LogP contribution < -0.4 is 0 Å². The molecule has 4 nitrogen and oxygen atoms in total. The molecule has 5 heteroatoms. The predicted molar refractivity (Wildman–Crippen MR) is 55.4 cm³/mol. The van der Waals surface area contributed by atoms with Gasteiger partial charge in [-0.05, 0) is 12.1 Å². The molecule has 0 aliphatic heterocycles. The van der Waals surface area contributed by atoms with E-state index in [1.807, 2.05) is 6.07 Å². The van der Waals surface area contributed by atoms with E-state index in [1.54, 1.807) is 0 Å². The fourth-order valence-electron chi connectivity index (χ4n) is 0.987. The van der Waals surface area contributed by atoms with Crippen molar-refractivity contribution in [2.24, 2.45) is 0 Å². The van der Waals surface area contributed by atoms with E-state index in [0.29, 0.717) is 0 Å². The molecule has 1 aromatic carbocycles. The zero-order valence-corrected chi connectivity index (χ0v) is 8.28. The number of hydrogen-bond acceptors (Lipinski definition) is 3. The second kappa shape index (κ2) is 4.99. The molecular formula is C10H5ClN2O2. The van der Waals surface area contributed by atoms with Crippen LogP contribution in [0.3, 0.4) is 0 Å². The van der Waals surface area contributed by atoms with E-state index in [-0.39, 0.29) is 22.7 Å². The maximum atomic E-state index is 10.6. The quantitative estimate of drug-likeness (QED) is 0.315. The smallest absolute Gasteiger partial charge is 0.258 e. The lowest BCUT2D eigenvalue weighted by atomic mass is 10.1. The molecule has 1 aromatic rings. The molecule has 0 fully saturated rings. The largest absolute Gasteiger partial charge is 0.286 e. The van der Waals surface area contributed by atoms with Crippen molar-refractivity contribution in [3.05, 3.63) is 39.4 Å². The summed E-state index contributed by atoms with van der Waals surface area (Å²) < 4.78 is 0. The zero-order valence-electron chi connectivity index (χ0n) is 7.53. The molecule has 74 valence electrons. The van der Waals surface area contributed by atoms with Crippen LogP contribution in [0.2, 0.25) is 0 Å². The number of nitrogens with zero attached hydrogens (tertiary/aromatic N) is 2. The van der Waals surface area contributed by atoms with Gasteiger partial charge in [-0.25, -0.2) is 0 Å². The summed E-state index contributed by atoms with van der Waals surface area (Å²) in [7, 11) is 0. The Morgan fingerprint density at radius 3 is 2.80 bits per heavy atom.